The maximum absolute atomic E-state index is 13.7. The van der Waals surface area contributed by atoms with Crippen molar-refractivity contribution < 1.29 is 23.8 Å². The van der Waals surface area contributed by atoms with E-state index in [-0.39, 0.29) is 12.0 Å². The van der Waals surface area contributed by atoms with Gasteiger partial charge in [-0.2, -0.15) is 0 Å². The Labute approximate surface area is 123 Å². The summed E-state index contributed by atoms with van der Waals surface area (Å²) in [6.07, 6.45) is -0.997. The van der Waals surface area contributed by atoms with Gasteiger partial charge in [-0.25, -0.2) is 14.0 Å². The third kappa shape index (κ3) is 5.81. The molecule has 0 bridgehead atoms. The van der Waals surface area contributed by atoms with Crippen LogP contribution < -0.4 is 5.32 Å². The van der Waals surface area contributed by atoms with Gasteiger partial charge in [0.1, 0.15) is 17.5 Å². The summed E-state index contributed by atoms with van der Waals surface area (Å²) in [5, 5.41) is 11.4. The maximum Gasteiger partial charge on any atom is 0.408 e. The van der Waals surface area contributed by atoms with Crippen molar-refractivity contribution in [1.29, 1.82) is 0 Å². The molecule has 1 amide bonds. The SMILES string of the molecule is Cc1ccc(C[C@H](NC(=O)OC(C)(C)C)C(=O)O)c(F)c1. The highest BCUT2D eigenvalue weighted by atomic mass is 19.1. The van der Waals surface area contributed by atoms with Gasteiger partial charge >= 0.3 is 12.1 Å². The molecule has 2 N–H and O–H groups in total. The number of carboxylic acids is 1. The van der Waals surface area contributed by atoms with Gasteiger partial charge < -0.3 is 15.2 Å². The number of aryl methyl sites for hydroxylation is 1. The number of carboxylic acid groups (broad SMARTS) is 1. The first-order valence-corrected chi connectivity index (χ1v) is 6.56. The molecule has 116 valence electrons. The summed E-state index contributed by atoms with van der Waals surface area (Å²) in [6, 6.07) is 3.27. The second-order valence-electron chi connectivity index (χ2n) is 5.84. The number of hydrogen-bond donors (Lipinski definition) is 2. The van der Waals surface area contributed by atoms with Crippen molar-refractivity contribution in [2.24, 2.45) is 0 Å². The first-order valence-electron chi connectivity index (χ1n) is 6.56. The molecule has 21 heavy (non-hydrogen) atoms. The summed E-state index contributed by atoms with van der Waals surface area (Å²) in [4.78, 5) is 22.8. The van der Waals surface area contributed by atoms with Crippen LogP contribution in [0.25, 0.3) is 0 Å². The van der Waals surface area contributed by atoms with Crippen LogP contribution in [0.15, 0.2) is 18.2 Å². The summed E-state index contributed by atoms with van der Waals surface area (Å²) in [7, 11) is 0. The molecule has 1 aromatic carbocycles. The highest BCUT2D eigenvalue weighted by Gasteiger charge is 2.25. The Bertz CT molecular complexity index is 537. The van der Waals surface area contributed by atoms with E-state index >= 15 is 0 Å². The average molecular weight is 297 g/mol. The Kier molecular flexibility index (Phi) is 5.29. The molecule has 0 unspecified atom stereocenters. The van der Waals surface area contributed by atoms with Gasteiger partial charge in [0.05, 0.1) is 0 Å². The second-order valence-corrected chi connectivity index (χ2v) is 5.84. The smallest absolute Gasteiger partial charge is 0.408 e. The lowest BCUT2D eigenvalue weighted by Gasteiger charge is -2.22. The van der Waals surface area contributed by atoms with E-state index in [0.717, 1.165) is 5.56 Å². The number of nitrogens with one attached hydrogen (secondary N) is 1. The molecule has 0 aliphatic carbocycles. The molecule has 0 saturated heterocycles. The maximum atomic E-state index is 13.7. The number of ether oxygens (including phenoxy) is 1. The lowest BCUT2D eigenvalue weighted by molar-refractivity contribution is -0.139. The van der Waals surface area contributed by atoms with Gasteiger partial charge in [-0.1, -0.05) is 12.1 Å². The van der Waals surface area contributed by atoms with Crippen LogP contribution in [0.4, 0.5) is 9.18 Å². The molecule has 0 radical (unpaired) electrons. The Hall–Kier alpha value is -2.11. The van der Waals surface area contributed by atoms with Gasteiger partial charge in [0.2, 0.25) is 0 Å². The number of alkyl carbamates (subject to hydrolysis) is 1. The van der Waals surface area contributed by atoms with Crippen LogP contribution >= 0.6 is 0 Å². The zero-order valence-electron chi connectivity index (χ0n) is 12.6. The molecule has 0 fully saturated rings. The number of aliphatic carboxylic acids is 1. The Morgan fingerprint density at radius 3 is 2.48 bits per heavy atom. The molecule has 0 heterocycles. The lowest BCUT2D eigenvalue weighted by atomic mass is 10.0. The summed E-state index contributed by atoms with van der Waals surface area (Å²) in [6.45, 7) is 6.74. The molecular formula is C15H20FNO4. The van der Waals surface area contributed by atoms with E-state index in [1.165, 1.54) is 12.1 Å². The average Bonchev–Trinajstić information content (AvgIpc) is 2.28. The predicted octanol–water partition coefficient (Wildman–Crippen LogP) is 2.65. The fourth-order valence-electron chi connectivity index (χ4n) is 1.69. The first kappa shape index (κ1) is 16.9. The largest absolute Gasteiger partial charge is 0.480 e. The number of carbonyl (C=O) groups is 2. The number of hydrogen-bond acceptors (Lipinski definition) is 3. The van der Waals surface area contributed by atoms with Gasteiger partial charge in [-0.3, -0.25) is 0 Å². The fraction of sp³-hybridized carbons (Fsp3) is 0.467. The minimum absolute atomic E-state index is 0.152. The Morgan fingerprint density at radius 1 is 1.38 bits per heavy atom. The Balaban J connectivity index is 2.79. The number of amides is 1. The summed E-state index contributed by atoms with van der Waals surface area (Å²) in [5.74, 6) is -1.74. The van der Waals surface area contributed by atoms with Crippen LogP contribution in [0.3, 0.4) is 0 Å². The van der Waals surface area contributed by atoms with E-state index in [4.69, 9.17) is 9.84 Å². The summed E-state index contributed by atoms with van der Waals surface area (Å²) >= 11 is 0. The molecule has 6 heteroatoms. The molecule has 0 aliphatic rings. The highest BCUT2D eigenvalue weighted by Crippen LogP contribution is 2.13. The quantitative estimate of drug-likeness (QED) is 0.896. The number of carbonyl (C=O) groups excluding carboxylic acids is 1. The van der Waals surface area contributed by atoms with E-state index in [1.807, 2.05) is 0 Å². The minimum Gasteiger partial charge on any atom is -0.480 e. The standard InChI is InChI=1S/C15H20FNO4/c1-9-5-6-10(11(16)7-9)8-12(13(18)19)17-14(20)21-15(2,3)4/h5-7,12H,8H2,1-4H3,(H,17,20)(H,18,19)/t12-/m0/s1. The van der Waals surface area contributed by atoms with Crippen molar-refractivity contribution in [2.45, 2.75) is 45.8 Å². The molecule has 1 aromatic rings. The van der Waals surface area contributed by atoms with Gasteiger partial charge in [-0.15, -0.1) is 0 Å². The minimum atomic E-state index is -1.25. The van der Waals surface area contributed by atoms with Crippen molar-refractivity contribution >= 4 is 12.1 Å². The number of rotatable bonds is 4. The van der Waals surface area contributed by atoms with Gasteiger partial charge in [0.15, 0.2) is 0 Å². The van der Waals surface area contributed by atoms with Crippen molar-refractivity contribution in [2.75, 3.05) is 0 Å². The zero-order chi connectivity index (χ0) is 16.2. The molecular weight excluding hydrogens is 277 g/mol. The topological polar surface area (TPSA) is 75.6 Å². The summed E-state index contributed by atoms with van der Waals surface area (Å²) < 4.78 is 18.7. The third-order valence-electron chi connectivity index (χ3n) is 2.62. The van der Waals surface area contributed by atoms with Crippen LogP contribution in [0.5, 0.6) is 0 Å². The van der Waals surface area contributed by atoms with Crippen molar-refractivity contribution in [3.05, 3.63) is 35.1 Å². The van der Waals surface area contributed by atoms with E-state index in [9.17, 15) is 14.0 Å². The Morgan fingerprint density at radius 2 is 2.00 bits per heavy atom. The third-order valence-corrected chi connectivity index (χ3v) is 2.62. The number of benzene rings is 1. The van der Waals surface area contributed by atoms with Crippen LogP contribution in [0.2, 0.25) is 0 Å². The van der Waals surface area contributed by atoms with E-state index in [2.05, 4.69) is 5.32 Å². The van der Waals surface area contributed by atoms with Gasteiger partial charge in [0.25, 0.3) is 0 Å². The normalized spacial score (nSPS) is 12.6. The van der Waals surface area contributed by atoms with Gasteiger partial charge in [-0.05, 0) is 44.9 Å². The molecule has 0 saturated carbocycles. The molecule has 0 aliphatic heterocycles. The highest BCUT2D eigenvalue weighted by molar-refractivity contribution is 5.80. The van der Waals surface area contributed by atoms with Gasteiger partial charge in [0, 0.05) is 6.42 Å². The van der Waals surface area contributed by atoms with Crippen molar-refractivity contribution in [3.8, 4) is 0 Å². The zero-order valence-corrected chi connectivity index (χ0v) is 12.6. The van der Waals surface area contributed by atoms with Crippen LogP contribution in [-0.4, -0.2) is 28.8 Å². The predicted molar refractivity (Wildman–Crippen MR) is 75.6 cm³/mol. The lowest BCUT2D eigenvalue weighted by Crippen LogP contribution is -2.44. The van der Waals surface area contributed by atoms with Crippen molar-refractivity contribution in [3.63, 3.8) is 0 Å². The van der Waals surface area contributed by atoms with Crippen LogP contribution in [0, 0.1) is 12.7 Å². The number of halogens is 1. The first-order chi connectivity index (χ1) is 9.58. The second kappa shape index (κ2) is 6.56. The van der Waals surface area contributed by atoms with Crippen LogP contribution in [-0.2, 0) is 16.0 Å². The molecule has 5 nitrogen and oxygen atoms in total. The van der Waals surface area contributed by atoms with Crippen LogP contribution in [0.1, 0.15) is 31.9 Å². The fourth-order valence-corrected chi connectivity index (χ4v) is 1.69. The van der Waals surface area contributed by atoms with E-state index in [0.29, 0.717) is 0 Å². The van der Waals surface area contributed by atoms with E-state index < -0.39 is 29.5 Å². The molecule has 0 aromatic heterocycles. The molecule has 1 rings (SSSR count). The monoisotopic (exact) mass is 297 g/mol. The molecule has 1 atom stereocenters. The summed E-state index contributed by atoms with van der Waals surface area (Å²) in [5.41, 5.74) is 0.231. The van der Waals surface area contributed by atoms with Crippen molar-refractivity contribution in [1.82, 2.24) is 5.32 Å². The van der Waals surface area contributed by atoms with E-state index in [1.54, 1.807) is 33.8 Å². The molecule has 0 spiro atoms.